The lowest BCUT2D eigenvalue weighted by atomic mass is 9.45. The maximum Gasteiger partial charge on any atom is 0.126 e. The van der Waals surface area contributed by atoms with Crippen LogP contribution in [0.5, 0.6) is 0 Å². The molecule has 20 heavy (non-hydrogen) atoms. The Labute approximate surface area is 121 Å². The van der Waals surface area contributed by atoms with Crippen LogP contribution in [0.4, 0.5) is 5.82 Å². The van der Waals surface area contributed by atoms with Crippen LogP contribution in [0.25, 0.3) is 10.8 Å². The fraction of sp³-hybridized carbons (Fsp3) is 0.500. The third kappa shape index (κ3) is 1.81. The lowest BCUT2D eigenvalue weighted by molar-refractivity contribution is -0.0486. The normalized spacial score (nSPS) is 23.4. The van der Waals surface area contributed by atoms with Crippen LogP contribution >= 0.6 is 0 Å². The Morgan fingerprint density at radius 2 is 1.85 bits per heavy atom. The number of aromatic nitrogens is 1. The third-order valence-electron chi connectivity index (χ3n) is 5.73. The number of hydrogen-bond acceptors (Lipinski definition) is 2. The van der Waals surface area contributed by atoms with Crippen molar-refractivity contribution in [3.63, 3.8) is 0 Å². The van der Waals surface area contributed by atoms with Crippen LogP contribution in [0, 0.1) is 10.8 Å². The van der Waals surface area contributed by atoms with Crippen LogP contribution in [0.2, 0.25) is 0 Å². The smallest absolute Gasteiger partial charge is 0.126 e. The van der Waals surface area contributed by atoms with Crippen molar-refractivity contribution in [2.24, 2.45) is 10.8 Å². The number of nitrogens with one attached hydrogen (secondary N) is 1. The van der Waals surface area contributed by atoms with Gasteiger partial charge in [-0.3, -0.25) is 0 Å². The first-order chi connectivity index (χ1) is 9.35. The largest absolute Gasteiger partial charge is 0.373 e. The molecule has 0 saturated heterocycles. The Balaban J connectivity index is 2.02. The zero-order chi connectivity index (χ0) is 14.5. The lowest BCUT2D eigenvalue weighted by Gasteiger charge is -2.59. The first-order valence-corrected chi connectivity index (χ1v) is 7.43. The molecule has 2 aromatic rings. The number of benzene rings is 1. The molecule has 3 rings (SSSR count). The van der Waals surface area contributed by atoms with E-state index in [1.54, 1.807) is 0 Å². The number of hydrogen-bond donors (Lipinski definition) is 1. The van der Waals surface area contributed by atoms with Crippen LogP contribution < -0.4 is 5.32 Å². The minimum atomic E-state index is 0.361. The van der Waals surface area contributed by atoms with E-state index in [1.165, 1.54) is 22.8 Å². The first kappa shape index (κ1) is 13.4. The van der Waals surface area contributed by atoms with Crippen molar-refractivity contribution in [2.45, 2.75) is 40.0 Å². The van der Waals surface area contributed by atoms with Crippen molar-refractivity contribution < 1.29 is 0 Å². The van der Waals surface area contributed by atoms with Crippen LogP contribution in [0.15, 0.2) is 30.5 Å². The number of nitrogens with zero attached hydrogens (tertiary/aromatic N) is 1. The Bertz CT molecular complexity index is 656. The molecule has 2 heteroatoms. The molecule has 2 nitrogen and oxygen atoms in total. The van der Waals surface area contributed by atoms with E-state index in [1.807, 2.05) is 13.2 Å². The van der Waals surface area contributed by atoms with Gasteiger partial charge in [0.25, 0.3) is 0 Å². The van der Waals surface area contributed by atoms with Crippen molar-refractivity contribution in [2.75, 3.05) is 12.4 Å². The third-order valence-corrected chi connectivity index (χ3v) is 5.73. The molecule has 106 valence electrons. The highest BCUT2D eigenvalue weighted by Gasteiger charge is 2.54. The molecule has 1 heterocycles. The van der Waals surface area contributed by atoms with Crippen LogP contribution in [-0.4, -0.2) is 12.0 Å². The number of fused-ring (bicyclic) bond motifs is 1. The minimum absolute atomic E-state index is 0.361. The SMILES string of the molecule is CNc1cc2cc(C3CC(C)(C)C3(C)C)ccc2cn1. The molecule has 0 spiro atoms. The summed E-state index contributed by atoms with van der Waals surface area (Å²) in [5.41, 5.74) is 2.26. The average molecular weight is 268 g/mol. The second-order valence-electron chi connectivity index (χ2n) is 7.29. The second-order valence-corrected chi connectivity index (χ2v) is 7.29. The minimum Gasteiger partial charge on any atom is -0.373 e. The van der Waals surface area contributed by atoms with Gasteiger partial charge in [-0.05, 0) is 40.2 Å². The summed E-state index contributed by atoms with van der Waals surface area (Å²) in [5, 5.41) is 5.61. The van der Waals surface area contributed by atoms with Gasteiger partial charge < -0.3 is 5.32 Å². The maximum absolute atomic E-state index is 4.37. The molecule has 0 aliphatic heterocycles. The zero-order valence-corrected chi connectivity index (χ0v) is 13.1. The summed E-state index contributed by atoms with van der Waals surface area (Å²) < 4.78 is 0. The lowest BCUT2D eigenvalue weighted by Crippen LogP contribution is -2.49. The molecular weight excluding hydrogens is 244 g/mol. The summed E-state index contributed by atoms with van der Waals surface area (Å²) in [6, 6.07) is 8.97. The van der Waals surface area contributed by atoms with Crippen molar-refractivity contribution in [3.8, 4) is 0 Å². The zero-order valence-electron chi connectivity index (χ0n) is 13.1. The van der Waals surface area contributed by atoms with Gasteiger partial charge in [0.2, 0.25) is 0 Å². The molecule has 0 bridgehead atoms. The molecule has 1 atom stereocenters. The molecule has 1 aromatic carbocycles. The number of anilines is 1. The second kappa shape index (κ2) is 4.21. The van der Waals surface area contributed by atoms with E-state index < -0.39 is 0 Å². The van der Waals surface area contributed by atoms with E-state index in [-0.39, 0.29) is 0 Å². The summed E-state index contributed by atoms with van der Waals surface area (Å²) >= 11 is 0. The highest BCUT2D eigenvalue weighted by atomic mass is 14.9. The fourth-order valence-corrected chi connectivity index (χ4v) is 3.42. The van der Waals surface area contributed by atoms with E-state index in [2.05, 4.69) is 62.3 Å². The Kier molecular flexibility index (Phi) is 2.82. The number of rotatable bonds is 2. The highest BCUT2D eigenvalue weighted by molar-refractivity contribution is 5.84. The van der Waals surface area contributed by atoms with Crippen molar-refractivity contribution in [1.82, 2.24) is 4.98 Å². The average Bonchev–Trinajstić information content (AvgIpc) is 2.43. The fourth-order valence-electron chi connectivity index (χ4n) is 3.42. The van der Waals surface area contributed by atoms with Crippen LogP contribution in [0.3, 0.4) is 0 Å². The summed E-state index contributed by atoms with van der Waals surface area (Å²) in [4.78, 5) is 4.37. The molecule has 1 fully saturated rings. The molecule has 1 aliphatic rings. The van der Waals surface area contributed by atoms with E-state index in [0.717, 1.165) is 5.82 Å². The van der Waals surface area contributed by atoms with E-state index in [4.69, 9.17) is 0 Å². The van der Waals surface area contributed by atoms with Gasteiger partial charge in [-0.15, -0.1) is 0 Å². The summed E-state index contributed by atoms with van der Waals surface area (Å²) in [6.45, 7) is 9.56. The van der Waals surface area contributed by atoms with Gasteiger partial charge >= 0.3 is 0 Å². The van der Waals surface area contributed by atoms with Gasteiger partial charge in [-0.25, -0.2) is 4.98 Å². The molecule has 0 radical (unpaired) electrons. The Morgan fingerprint density at radius 3 is 2.45 bits per heavy atom. The molecule has 0 amide bonds. The van der Waals surface area contributed by atoms with E-state index in [0.29, 0.717) is 16.7 Å². The molecule has 1 saturated carbocycles. The molecular formula is C18H24N2. The van der Waals surface area contributed by atoms with Gasteiger partial charge in [0.15, 0.2) is 0 Å². The van der Waals surface area contributed by atoms with Crippen LogP contribution in [0.1, 0.15) is 45.6 Å². The Morgan fingerprint density at radius 1 is 1.10 bits per heavy atom. The van der Waals surface area contributed by atoms with Crippen molar-refractivity contribution in [3.05, 3.63) is 36.0 Å². The summed E-state index contributed by atoms with van der Waals surface area (Å²) in [6.07, 6.45) is 3.22. The predicted octanol–water partition coefficient (Wildman–Crippen LogP) is 4.82. The van der Waals surface area contributed by atoms with Gasteiger partial charge in [0.1, 0.15) is 5.82 Å². The van der Waals surface area contributed by atoms with Crippen molar-refractivity contribution in [1.29, 1.82) is 0 Å². The van der Waals surface area contributed by atoms with Gasteiger partial charge in [-0.1, -0.05) is 45.9 Å². The van der Waals surface area contributed by atoms with E-state index in [9.17, 15) is 0 Å². The quantitative estimate of drug-likeness (QED) is 0.845. The standard InChI is InChI=1S/C18H24N2/c1-17(2)10-15(18(17,3)4)12-6-7-13-11-20-16(19-5)9-14(13)8-12/h6-9,11,15H,10H2,1-5H3,(H,19,20). The first-order valence-electron chi connectivity index (χ1n) is 7.43. The topological polar surface area (TPSA) is 24.9 Å². The highest BCUT2D eigenvalue weighted by Crippen LogP contribution is 2.64. The molecule has 1 aliphatic carbocycles. The van der Waals surface area contributed by atoms with Crippen molar-refractivity contribution >= 4 is 16.6 Å². The van der Waals surface area contributed by atoms with Gasteiger partial charge in [-0.2, -0.15) is 0 Å². The molecule has 1 N–H and O–H groups in total. The van der Waals surface area contributed by atoms with Crippen LogP contribution in [-0.2, 0) is 0 Å². The monoisotopic (exact) mass is 268 g/mol. The van der Waals surface area contributed by atoms with Gasteiger partial charge in [0.05, 0.1) is 0 Å². The predicted molar refractivity (Wildman–Crippen MR) is 86.2 cm³/mol. The van der Waals surface area contributed by atoms with E-state index >= 15 is 0 Å². The molecule has 1 aromatic heterocycles. The van der Waals surface area contributed by atoms with Gasteiger partial charge in [0, 0.05) is 18.6 Å². The maximum atomic E-state index is 4.37. The Hall–Kier alpha value is -1.57. The number of pyridine rings is 1. The summed E-state index contributed by atoms with van der Waals surface area (Å²) in [7, 11) is 1.91. The molecule has 1 unspecified atom stereocenters. The summed E-state index contributed by atoms with van der Waals surface area (Å²) in [5.74, 6) is 1.59.